The monoisotopic (exact) mass is 418 g/mol. The number of hydrogen-bond donors (Lipinski definition) is 0. The normalized spacial score (nSPS) is 15.6. The van der Waals surface area contributed by atoms with E-state index < -0.39 is 0 Å². The predicted molar refractivity (Wildman–Crippen MR) is 113 cm³/mol. The van der Waals surface area contributed by atoms with Gasteiger partial charge in [0.15, 0.2) is 5.57 Å². The molecule has 0 unspecified atom stereocenters. The van der Waals surface area contributed by atoms with Crippen molar-refractivity contribution in [2.75, 3.05) is 26.3 Å². The van der Waals surface area contributed by atoms with Gasteiger partial charge in [-0.25, -0.2) is 0 Å². The molecule has 0 radical (unpaired) electrons. The quantitative estimate of drug-likeness (QED) is 0.623. The molecule has 0 bridgehead atoms. The molecule has 1 fully saturated rings. The fourth-order valence-electron chi connectivity index (χ4n) is 3.18. The Balaban J connectivity index is 1.98. The molecule has 30 heavy (non-hydrogen) atoms. The minimum Gasteiger partial charge on any atom is -0.378 e. The molecule has 1 amide bonds. The first-order valence-electron chi connectivity index (χ1n) is 9.39. The number of pyridine rings is 1. The van der Waals surface area contributed by atoms with E-state index in [4.69, 9.17) is 4.74 Å². The van der Waals surface area contributed by atoms with Crippen LogP contribution in [-0.2, 0) is 9.53 Å². The van der Waals surface area contributed by atoms with Crippen LogP contribution in [0, 0.1) is 11.3 Å². The molecule has 1 saturated heterocycles. The number of morpholine rings is 1. The first-order chi connectivity index (χ1) is 14.7. The molecule has 150 valence electrons. The molecule has 0 N–H and O–H groups in total. The van der Waals surface area contributed by atoms with Gasteiger partial charge in [0.1, 0.15) is 10.7 Å². The van der Waals surface area contributed by atoms with Gasteiger partial charge in [-0.3, -0.25) is 19.1 Å². The maximum absolute atomic E-state index is 13.3. The van der Waals surface area contributed by atoms with Crippen LogP contribution in [0.25, 0.3) is 17.3 Å². The van der Waals surface area contributed by atoms with Gasteiger partial charge in [0.2, 0.25) is 0 Å². The van der Waals surface area contributed by atoms with Crippen LogP contribution in [0.2, 0.25) is 0 Å². The SMILES string of the molecule is N#C/C(C(=O)N1CCOCC1)=c1/s/c(=C/c2ccncc2)c(=O)n1-c1ccccc1. The Labute approximate surface area is 176 Å². The molecule has 0 spiro atoms. The Hall–Kier alpha value is -3.54. The molecule has 1 aromatic carbocycles. The topological polar surface area (TPSA) is 88.2 Å². The lowest BCUT2D eigenvalue weighted by atomic mass is 10.2. The summed E-state index contributed by atoms with van der Waals surface area (Å²) in [5, 5.41) is 9.85. The molecule has 7 nitrogen and oxygen atoms in total. The fraction of sp³-hybridized carbons (Fsp3) is 0.182. The van der Waals surface area contributed by atoms with Crippen LogP contribution >= 0.6 is 11.3 Å². The standard InChI is InChI=1S/C22H18N4O3S/c23-15-18(20(27)25-10-12-29-13-11-25)22-26(17-4-2-1-3-5-17)21(28)19(30-22)14-16-6-8-24-9-7-16/h1-9,14H,10-13H2/b19-14+,22-18-. The van der Waals surface area contributed by atoms with E-state index in [0.717, 1.165) is 16.9 Å². The van der Waals surface area contributed by atoms with E-state index in [-0.39, 0.29) is 17.0 Å². The van der Waals surface area contributed by atoms with E-state index >= 15 is 0 Å². The molecule has 0 atom stereocenters. The number of benzene rings is 1. The molecule has 0 aliphatic carbocycles. The Morgan fingerprint density at radius 1 is 1.13 bits per heavy atom. The summed E-state index contributed by atoms with van der Waals surface area (Å²) in [6.45, 7) is 1.70. The zero-order valence-corrected chi connectivity index (χ0v) is 16.8. The van der Waals surface area contributed by atoms with Gasteiger partial charge in [-0.2, -0.15) is 5.26 Å². The third kappa shape index (κ3) is 3.94. The van der Waals surface area contributed by atoms with E-state index in [0.29, 0.717) is 41.2 Å². The van der Waals surface area contributed by atoms with Gasteiger partial charge in [-0.1, -0.05) is 18.2 Å². The smallest absolute Gasteiger partial charge is 0.273 e. The Kier molecular flexibility index (Phi) is 5.84. The van der Waals surface area contributed by atoms with Crippen LogP contribution in [0.15, 0.2) is 59.7 Å². The second-order valence-electron chi connectivity index (χ2n) is 6.56. The van der Waals surface area contributed by atoms with E-state index in [9.17, 15) is 14.9 Å². The summed E-state index contributed by atoms with van der Waals surface area (Å²) in [5.41, 5.74) is 1.09. The number of nitrogens with zero attached hydrogens (tertiary/aromatic N) is 4. The number of rotatable bonds is 3. The highest BCUT2D eigenvalue weighted by atomic mass is 32.1. The molecule has 2 aromatic heterocycles. The van der Waals surface area contributed by atoms with Crippen molar-refractivity contribution in [2.24, 2.45) is 0 Å². The minimum atomic E-state index is -0.387. The number of amides is 1. The highest BCUT2D eigenvalue weighted by Crippen LogP contribution is 2.08. The van der Waals surface area contributed by atoms with Crippen molar-refractivity contribution in [2.45, 2.75) is 0 Å². The van der Waals surface area contributed by atoms with Crippen molar-refractivity contribution in [1.29, 1.82) is 5.26 Å². The number of carbonyl (C=O) groups is 1. The zero-order chi connectivity index (χ0) is 20.9. The predicted octanol–water partition coefficient (Wildman–Crippen LogP) is 0.656. The number of hydrogen-bond acceptors (Lipinski definition) is 6. The summed E-state index contributed by atoms with van der Waals surface area (Å²) in [6.07, 6.45) is 5.03. The second-order valence-corrected chi connectivity index (χ2v) is 7.59. The maximum atomic E-state index is 13.3. The van der Waals surface area contributed by atoms with Gasteiger partial charge in [0.05, 0.1) is 23.4 Å². The maximum Gasteiger partial charge on any atom is 0.273 e. The van der Waals surface area contributed by atoms with Crippen molar-refractivity contribution < 1.29 is 9.53 Å². The average Bonchev–Trinajstić information content (AvgIpc) is 3.11. The molecule has 1 aliphatic heterocycles. The highest BCUT2D eigenvalue weighted by Gasteiger charge is 2.23. The summed E-state index contributed by atoms with van der Waals surface area (Å²) in [7, 11) is 0. The molecule has 1 aliphatic rings. The summed E-state index contributed by atoms with van der Waals surface area (Å²) < 4.78 is 7.50. The van der Waals surface area contributed by atoms with Crippen LogP contribution < -0.4 is 14.8 Å². The van der Waals surface area contributed by atoms with E-state index in [1.807, 2.05) is 24.3 Å². The van der Waals surface area contributed by atoms with Crippen LogP contribution in [0.5, 0.6) is 0 Å². The molecule has 0 saturated carbocycles. The van der Waals surface area contributed by atoms with Gasteiger partial charge in [-0.15, -0.1) is 11.3 Å². The lowest BCUT2D eigenvalue weighted by molar-refractivity contribution is -0.128. The average molecular weight is 418 g/mol. The van der Waals surface area contributed by atoms with Crippen LogP contribution in [-0.4, -0.2) is 46.7 Å². The van der Waals surface area contributed by atoms with Crippen molar-refractivity contribution >= 4 is 28.9 Å². The molecule has 4 rings (SSSR count). The molecular weight excluding hydrogens is 400 g/mol. The number of carbonyl (C=O) groups excluding carboxylic acids is 1. The highest BCUT2D eigenvalue weighted by molar-refractivity contribution is 7.07. The summed E-state index contributed by atoms with van der Waals surface area (Å²) in [6, 6.07) is 14.7. The Bertz CT molecular complexity index is 1270. The van der Waals surface area contributed by atoms with Crippen molar-refractivity contribution in [3.63, 3.8) is 0 Å². The third-order valence-electron chi connectivity index (χ3n) is 4.68. The summed E-state index contributed by atoms with van der Waals surface area (Å²) in [4.78, 5) is 31.9. The number of nitriles is 1. The van der Waals surface area contributed by atoms with Gasteiger partial charge in [0, 0.05) is 25.5 Å². The lowest BCUT2D eigenvalue weighted by Gasteiger charge is -2.26. The van der Waals surface area contributed by atoms with E-state index in [1.54, 1.807) is 47.6 Å². The number of thiazole rings is 1. The van der Waals surface area contributed by atoms with Gasteiger partial charge >= 0.3 is 0 Å². The second kappa shape index (κ2) is 8.86. The summed E-state index contributed by atoms with van der Waals surface area (Å²) >= 11 is 1.14. The van der Waals surface area contributed by atoms with Crippen LogP contribution in [0.4, 0.5) is 0 Å². The number of para-hydroxylation sites is 1. The Morgan fingerprint density at radius 3 is 2.50 bits per heavy atom. The Morgan fingerprint density at radius 2 is 1.83 bits per heavy atom. The lowest BCUT2D eigenvalue weighted by Crippen LogP contribution is -2.42. The molecular formula is C22H18N4O3S. The van der Waals surface area contributed by atoms with Crippen molar-refractivity contribution in [3.05, 3.63) is 80.0 Å². The van der Waals surface area contributed by atoms with Gasteiger partial charge < -0.3 is 9.64 Å². The fourth-order valence-corrected chi connectivity index (χ4v) is 4.28. The summed E-state index contributed by atoms with van der Waals surface area (Å²) in [5.74, 6) is -0.387. The van der Waals surface area contributed by atoms with Gasteiger partial charge in [-0.05, 0) is 35.9 Å². The zero-order valence-electron chi connectivity index (χ0n) is 16.0. The van der Waals surface area contributed by atoms with E-state index in [1.165, 1.54) is 4.57 Å². The van der Waals surface area contributed by atoms with E-state index in [2.05, 4.69) is 4.98 Å². The first kappa shape index (κ1) is 19.8. The van der Waals surface area contributed by atoms with Gasteiger partial charge in [0.25, 0.3) is 11.5 Å². The molecule has 3 aromatic rings. The number of aromatic nitrogens is 2. The van der Waals surface area contributed by atoms with Crippen LogP contribution in [0.1, 0.15) is 5.56 Å². The molecule has 3 heterocycles. The van der Waals surface area contributed by atoms with Crippen molar-refractivity contribution in [3.8, 4) is 11.8 Å². The minimum absolute atomic E-state index is 0.0442. The van der Waals surface area contributed by atoms with Crippen LogP contribution in [0.3, 0.4) is 0 Å². The first-order valence-corrected chi connectivity index (χ1v) is 10.2. The third-order valence-corrected chi connectivity index (χ3v) is 5.77. The number of ether oxygens (including phenoxy) is 1. The van der Waals surface area contributed by atoms with Crippen molar-refractivity contribution in [1.82, 2.24) is 14.5 Å². The largest absolute Gasteiger partial charge is 0.378 e. The molecule has 8 heteroatoms.